The summed E-state index contributed by atoms with van der Waals surface area (Å²) in [5, 5.41) is 3.61. The highest BCUT2D eigenvalue weighted by molar-refractivity contribution is 6.35. The molecule has 0 unspecified atom stereocenters. The van der Waals surface area contributed by atoms with E-state index in [9.17, 15) is 9.59 Å². The number of carbonyl (C=O) groups is 2. The maximum atomic E-state index is 13.3. The third-order valence-electron chi connectivity index (χ3n) is 4.58. The number of ether oxygens (including phenoxy) is 2. The van der Waals surface area contributed by atoms with Crippen molar-refractivity contribution in [3.05, 3.63) is 77.2 Å². The largest absolute Gasteiger partial charge is 0.465 e. The van der Waals surface area contributed by atoms with Crippen LogP contribution in [0.25, 0.3) is 11.0 Å². The van der Waals surface area contributed by atoms with Crippen LogP contribution >= 0.6 is 11.6 Å². The number of rotatable bonds is 8. The molecule has 0 bridgehead atoms. The zero-order chi connectivity index (χ0) is 22.5. The van der Waals surface area contributed by atoms with E-state index in [1.54, 1.807) is 31.3 Å². The Kier molecular flexibility index (Phi) is 6.32. The Hall–Kier alpha value is -3.91. The molecule has 2 N–H and O–H groups in total. The number of anilines is 1. The van der Waals surface area contributed by atoms with Gasteiger partial charge >= 0.3 is 5.97 Å². The summed E-state index contributed by atoms with van der Waals surface area (Å²) >= 11 is 6.42. The number of benzene rings is 2. The van der Waals surface area contributed by atoms with Gasteiger partial charge in [-0.1, -0.05) is 29.8 Å². The molecule has 2 heterocycles. The van der Waals surface area contributed by atoms with Crippen molar-refractivity contribution >= 4 is 40.2 Å². The summed E-state index contributed by atoms with van der Waals surface area (Å²) in [5.74, 6) is 0.763. The number of aromatic amines is 1. The molecule has 4 aromatic rings. The first-order valence-corrected chi connectivity index (χ1v) is 10.2. The molecule has 2 aromatic heterocycles. The van der Waals surface area contributed by atoms with Crippen LogP contribution in [-0.4, -0.2) is 39.9 Å². The van der Waals surface area contributed by atoms with Crippen molar-refractivity contribution in [1.29, 1.82) is 0 Å². The highest BCUT2D eigenvalue weighted by Crippen LogP contribution is 2.31. The van der Waals surface area contributed by atoms with E-state index >= 15 is 0 Å². The number of halogens is 1. The molecule has 0 saturated carbocycles. The lowest BCUT2D eigenvalue weighted by atomic mass is 10.0. The third-order valence-corrected chi connectivity index (χ3v) is 4.90. The van der Waals surface area contributed by atoms with E-state index in [-0.39, 0.29) is 24.0 Å². The van der Waals surface area contributed by atoms with Gasteiger partial charge in [-0.25, -0.2) is 9.97 Å². The van der Waals surface area contributed by atoms with Crippen LogP contribution in [0.5, 0.6) is 11.5 Å². The molecule has 2 aromatic carbocycles. The SMILES string of the molecule is CCOC(=O)CNc1ncnc2[nH]cc(C(=O)c3ccc(Oc4ccccc4)cc3Cl)c12. The van der Waals surface area contributed by atoms with Crippen molar-refractivity contribution in [2.45, 2.75) is 6.92 Å². The number of nitrogens with zero attached hydrogens (tertiary/aromatic N) is 2. The van der Waals surface area contributed by atoms with Crippen LogP contribution in [-0.2, 0) is 9.53 Å². The molecule has 32 heavy (non-hydrogen) atoms. The predicted octanol–water partition coefficient (Wildman–Crippen LogP) is 4.61. The summed E-state index contributed by atoms with van der Waals surface area (Å²) in [7, 11) is 0. The Morgan fingerprint density at radius 2 is 1.88 bits per heavy atom. The molecular formula is C23H19ClN4O4. The lowest BCUT2D eigenvalue weighted by Gasteiger charge is -2.09. The van der Waals surface area contributed by atoms with Gasteiger partial charge in [-0.05, 0) is 31.2 Å². The predicted molar refractivity (Wildman–Crippen MR) is 120 cm³/mol. The minimum Gasteiger partial charge on any atom is -0.465 e. The van der Waals surface area contributed by atoms with E-state index in [1.165, 1.54) is 6.33 Å². The topological polar surface area (TPSA) is 106 Å². The Bertz CT molecular complexity index is 1270. The number of ketones is 1. The average molecular weight is 451 g/mol. The Balaban J connectivity index is 1.61. The zero-order valence-corrected chi connectivity index (χ0v) is 17.8. The quantitative estimate of drug-likeness (QED) is 0.298. The molecule has 162 valence electrons. The summed E-state index contributed by atoms with van der Waals surface area (Å²) in [6.07, 6.45) is 2.88. The first-order chi connectivity index (χ1) is 15.6. The van der Waals surface area contributed by atoms with Gasteiger partial charge in [-0.3, -0.25) is 9.59 Å². The number of nitrogens with one attached hydrogen (secondary N) is 2. The van der Waals surface area contributed by atoms with Crippen molar-refractivity contribution < 1.29 is 19.1 Å². The van der Waals surface area contributed by atoms with Crippen LogP contribution in [0.3, 0.4) is 0 Å². The lowest BCUT2D eigenvalue weighted by molar-refractivity contribution is -0.140. The van der Waals surface area contributed by atoms with Gasteiger partial charge in [-0.2, -0.15) is 0 Å². The summed E-state index contributed by atoms with van der Waals surface area (Å²) in [6.45, 7) is 1.91. The molecule has 0 radical (unpaired) electrons. The van der Waals surface area contributed by atoms with E-state index in [0.29, 0.717) is 39.5 Å². The molecule has 0 amide bonds. The van der Waals surface area contributed by atoms with Crippen LogP contribution in [0.4, 0.5) is 5.82 Å². The molecule has 0 saturated heterocycles. The Labute approximate surface area is 188 Å². The fourth-order valence-corrected chi connectivity index (χ4v) is 3.41. The molecular weight excluding hydrogens is 432 g/mol. The van der Waals surface area contributed by atoms with Crippen LogP contribution in [0.2, 0.25) is 5.02 Å². The minimum absolute atomic E-state index is 0.0922. The highest BCUT2D eigenvalue weighted by atomic mass is 35.5. The molecule has 0 aliphatic rings. The fourth-order valence-electron chi connectivity index (χ4n) is 3.16. The maximum Gasteiger partial charge on any atom is 0.325 e. The van der Waals surface area contributed by atoms with Crippen LogP contribution < -0.4 is 10.1 Å². The van der Waals surface area contributed by atoms with Crippen LogP contribution in [0.15, 0.2) is 61.1 Å². The van der Waals surface area contributed by atoms with E-state index in [1.807, 2.05) is 30.3 Å². The second-order valence-electron chi connectivity index (χ2n) is 6.69. The molecule has 0 aliphatic heterocycles. The monoisotopic (exact) mass is 450 g/mol. The Morgan fingerprint density at radius 1 is 1.06 bits per heavy atom. The molecule has 0 fully saturated rings. The summed E-state index contributed by atoms with van der Waals surface area (Å²) < 4.78 is 10.7. The molecule has 4 rings (SSSR count). The van der Waals surface area contributed by atoms with E-state index in [4.69, 9.17) is 21.1 Å². The summed E-state index contributed by atoms with van der Waals surface area (Å²) in [6, 6.07) is 14.1. The minimum atomic E-state index is -0.431. The lowest BCUT2D eigenvalue weighted by Crippen LogP contribution is -2.17. The number of para-hydroxylation sites is 1. The van der Waals surface area contributed by atoms with Gasteiger partial charge in [-0.15, -0.1) is 0 Å². The number of H-pyrrole nitrogens is 1. The van der Waals surface area contributed by atoms with Crippen LogP contribution in [0.1, 0.15) is 22.8 Å². The van der Waals surface area contributed by atoms with E-state index < -0.39 is 5.97 Å². The first kappa shape index (κ1) is 21.3. The van der Waals surface area contributed by atoms with E-state index in [0.717, 1.165) is 0 Å². The zero-order valence-electron chi connectivity index (χ0n) is 17.1. The van der Waals surface area contributed by atoms with Gasteiger partial charge in [0.1, 0.15) is 35.8 Å². The number of esters is 1. The number of carbonyl (C=O) groups excluding carboxylic acids is 2. The number of fused-ring (bicyclic) bond motifs is 1. The average Bonchev–Trinajstić information content (AvgIpc) is 3.23. The van der Waals surface area contributed by atoms with Crippen LogP contribution in [0, 0.1) is 0 Å². The molecule has 0 spiro atoms. The molecule has 9 heteroatoms. The fraction of sp³-hybridized carbons (Fsp3) is 0.130. The van der Waals surface area contributed by atoms with Gasteiger partial charge in [0.05, 0.1) is 22.6 Å². The van der Waals surface area contributed by atoms with Crippen molar-refractivity contribution in [1.82, 2.24) is 15.0 Å². The molecule has 8 nitrogen and oxygen atoms in total. The third kappa shape index (κ3) is 4.55. The summed E-state index contributed by atoms with van der Waals surface area (Å²) in [4.78, 5) is 36.3. The summed E-state index contributed by atoms with van der Waals surface area (Å²) in [5.41, 5.74) is 1.08. The second-order valence-corrected chi connectivity index (χ2v) is 7.10. The number of aromatic nitrogens is 3. The first-order valence-electron chi connectivity index (χ1n) is 9.85. The van der Waals surface area contributed by atoms with Gasteiger partial charge in [0.25, 0.3) is 0 Å². The van der Waals surface area contributed by atoms with Crippen molar-refractivity contribution in [2.24, 2.45) is 0 Å². The maximum absolute atomic E-state index is 13.3. The van der Waals surface area contributed by atoms with Gasteiger partial charge < -0.3 is 19.8 Å². The highest BCUT2D eigenvalue weighted by Gasteiger charge is 2.21. The van der Waals surface area contributed by atoms with Crippen molar-refractivity contribution in [3.63, 3.8) is 0 Å². The van der Waals surface area contributed by atoms with Gasteiger partial charge in [0.2, 0.25) is 0 Å². The normalized spacial score (nSPS) is 10.7. The van der Waals surface area contributed by atoms with E-state index in [2.05, 4.69) is 20.3 Å². The smallest absolute Gasteiger partial charge is 0.325 e. The standard InChI is InChI=1S/C23H19ClN4O4/c1-2-31-19(29)12-26-23-20-17(11-25-22(20)27-13-28-23)21(30)16-9-8-15(10-18(16)24)32-14-6-4-3-5-7-14/h3-11,13H,2,12H2,1H3,(H2,25,26,27,28). The number of hydrogen-bond acceptors (Lipinski definition) is 7. The Morgan fingerprint density at radius 3 is 2.62 bits per heavy atom. The molecule has 0 aliphatic carbocycles. The van der Waals surface area contributed by atoms with Gasteiger partial charge in [0.15, 0.2) is 5.78 Å². The molecule has 0 atom stereocenters. The van der Waals surface area contributed by atoms with Crippen molar-refractivity contribution in [3.8, 4) is 11.5 Å². The van der Waals surface area contributed by atoms with Crippen molar-refractivity contribution in [2.75, 3.05) is 18.5 Å². The second kappa shape index (κ2) is 9.49. The number of hydrogen-bond donors (Lipinski definition) is 2. The van der Waals surface area contributed by atoms with Gasteiger partial charge in [0, 0.05) is 17.8 Å².